The van der Waals surface area contributed by atoms with Crippen LogP contribution in [0.25, 0.3) is 0 Å². The highest BCUT2D eigenvalue weighted by Gasteiger charge is 2.03. The summed E-state index contributed by atoms with van der Waals surface area (Å²) < 4.78 is 0. The maximum Gasteiger partial charge on any atom is 0.151 e. The first-order valence-corrected chi connectivity index (χ1v) is 7.12. The minimum absolute atomic E-state index is 1.02. The zero-order valence-corrected chi connectivity index (χ0v) is 12.1. The van der Waals surface area contributed by atoms with E-state index < -0.39 is 0 Å². The Balaban J connectivity index is 2.23. The molecule has 0 saturated heterocycles. The van der Waals surface area contributed by atoms with Gasteiger partial charge in [0, 0.05) is 26.8 Å². The summed E-state index contributed by atoms with van der Waals surface area (Å²) in [6.07, 6.45) is 9.84. The zero-order chi connectivity index (χ0) is 13.2. The summed E-state index contributed by atoms with van der Waals surface area (Å²) in [5.41, 5.74) is 1.14. The first kappa shape index (κ1) is 14.8. The lowest BCUT2D eigenvalue weighted by molar-refractivity contribution is 0.617. The van der Waals surface area contributed by atoms with Gasteiger partial charge in [0.05, 0.1) is 5.69 Å². The summed E-state index contributed by atoms with van der Waals surface area (Å²) in [6, 6.07) is 4.08. The SMILES string of the molecule is CCCCCCCCNc1cccnc1N(C)C. The van der Waals surface area contributed by atoms with Crippen molar-refractivity contribution in [3.63, 3.8) is 0 Å². The number of nitrogens with one attached hydrogen (secondary N) is 1. The van der Waals surface area contributed by atoms with Crippen molar-refractivity contribution in [2.45, 2.75) is 45.4 Å². The molecule has 1 N–H and O–H groups in total. The second-order valence-electron chi connectivity index (χ2n) is 4.96. The lowest BCUT2D eigenvalue weighted by Crippen LogP contribution is -2.14. The first-order valence-electron chi connectivity index (χ1n) is 7.12. The average molecular weight is 249 g/mol. The number of anilines is 2. The fraction of sp³-hybridized carbons (Fsp3) is 0.667. The van der Waals surface area contributed by atoms with Gasteiger partial charge >= 0.3 is 0 Å². The van der Waals surface area contributed by atoms with E-state index in [2.05, 4.69) is 23.3 Å². The molecular weight excluding hydrogens is 222 g/mol. The molecule has 1 aromatic heterocycles. The largest absolute Gasteiger partial charge is 0.382 e. The van der Waals surface area contributed by atoms with Crippen LogP contribution >= 0.6 is 0 Å². The van der Waals surface area contributed by atoms with Crippen LogP contribution in [0, 0.1) is 0 Å². The summed E-state index contributed by atoms with van der Waals surface area (Å²) >= 11 is 0. The molecule has 102 valence electrons. The number of hydrogen-bond donors (Lipinski definition) is 1. The quantitative estimate of drug-likeness (QED) is 0.672. The number of hydrogen-bond acceptors (Lipinski definition) is 3. The van der Waals surface area contributed by atoms with Crippen molar-refractivity contribution in [3.8, 4) is 0 Å². The predicted molar refractivity (Wildman–Crippen MR) is 80.4 cm³/mol. The Morgan fingerprint density at radius 2 is 1.83 bits per heavy atom. The molecule has 0 atom stereocenters. The summed E-state index contributed by atoms with van der Waals surface area (Å²) in [6.45, 7) is 3.30. The van der Waals surface area contributed by atoms with Gasteiger partial charge in [-0.15, -0.1) is 0 Å². The zero-order valence-electron chi connectivity index (χ0n) is 12.1. The predicted octanol–water partition coefficient (Wildman–Crippen LogP) is 3.92. The molecule has 0 amide bonds. The highest BCUT2D eigenvalue weighted by molar-refractivity contribution is 5.64. The van der Waals surface area contributed by atoms with Crippen LogP contribution < -0.4 is 10.2 Å². The van der Waals surface area contributed by atoms with E-state index in [9.17, 15) is 0 Å². The van der Waals surface area contributed by atoms with Crippen LogP contribution in [0.4, 0.5) is 11.5 Å². The van der Waals surface area contributed by atoms with E-state index >= 15 is 0 Å². The Kier molecular flexibility index (Phi) is 7.23. The smallest absolute Gasteiger partial charge is 0.151 e. The van der Waals surface area contributed by atoms with Crippen molar-refractivity contribution in [2.24, 2.45) is 0 Å². The molecule has 0 saturated carbocycles. The van der Waals surface area contributed by atoms with Gasteiger partial charge in [-0.25, -0.2) is 4.98 Å². The fourth-order valence-corrected chi connectivity index (χ4v) is 2.02. The van der Waals surface area contributed by atoms with Crippen LogP contribution in [0.3, 0.4) is 0 Å². The van der Waals surface area contributed by atoms with E-state index in [-0.39, 0.29) is 0 Å². The second kappa shape index (κ2) is 8.78. The molecule has 1 aromatic rings. The molecule has 3 nitrogen and oxygen atoms in total. The lowest BCUT2D eigenvalue weighted by Gasteiger charge is -2.16. The average Bonchev–Trinajstić information content (AvgIpc) is 2.38. The van der Waals surface area contributed by atoms with Gasteiger partial charge in [0.1, 0.15) is 0 Å². The Morgan fingerprint density at radius 1 is 1.11 bits per heavy atom. The number of nitrogens with zero attached hydrogens (tertiary/aromatic N) is 2. The molecular formula is C15H27N3. The van der Waals surface area contributed by atoms with Crippen LogP contribution in [0.5, 0.6) is 0 Å². The summed E-state index contributed by atoms with van der Waals surface area (Å²) in [5, 5.41) is 3.48. The maximum absolute atomic E-state index is 4.38. The monoisotopic (exact) mass is 249 g/mol. The molecule has 0 aliphatic rings. The van der Waals surface area contributed by atoms with E-state index in [1.807, 2.05) is 31.3 Å². The molecule has 0 unspecified atom stereocenters. The van der Waals surface area contributed by atoms with Crippen molar-refractivity contribution in [3.05, 3.63) is 18.3 Å². The fourth-order valence-electron chi connectivity index (χ4n) is 2.02. The van der Waals surface area contributed by atoms with E-state index in [4.69, 9.17) is 0 Å². The molecule has 0 spiro atoms. The van der Waals surface area contributed by atoms with Crippen molar-refractivity contribution in [2.75, 3.05) is 30.9 Å². The summed E-state index contributed by atoms with van der Waals surface area (Å²) in [7, 11) is 4.05. The van der Waals surface area contributed by atoms with Crippen LogP contribution in [0.1, 0.15) is 45.4 Å². The lowest BCUT2D eigenvalue weighted by atomic mass is 10.1. The topological polar surface area (TPSA) is 28.2 Å². The van der Waals surface area contributed by atoms with Crippen LogP contribution in [-0.2, 0) is 0 Å². The van der Waals surface area contributed by atoms with Crippen molar-refractivity contribution >= 4 is 11.5 Å². The first-order chi connectivity index (χ1) is 8.75. The third kappa shape index (κ3) is 5.39. The minimum atomic E-state index is 1.02. The van der Waals surface area contributed by atoms with Gasteiger partial charge in [-0.2, -0.15) is 0 Å². The number of rotatable bonds is 9. The van der Waals surface area contributed by atoms with Gasteiger partial charge in [0.2, 0.25) is 0 Å². The van der Waals surface area contributed by atoms with Crippen LogP contribution in [-0.4, -0.2) is 25.6 Å². The molecule has 0 bridgehead atoms. The van der Waals surface area contributed by atoms with Gasteiger partial charge in [0.15, 0.2) is 5.82 Å². The van der Waals surface area contributed by atoms with E-state index in [0.29, 0.717) is 0 Å². The summed E-state index contributed by atoms with van der Waals surface area (Å²) in [5.74, 6) is 1.02. The van der Waals surface area contributed by atoms with Gasteiger partial charge in [-0.3, -0.25) is 0 Å². The highest BCUT2D eigenvalue weighted by atomic mass is 15.2. The van der Waals surface area contributed by atoms with Gasteiger partial charge < -0.3 is 10.2 Å². The van der Waals surface area contributed by atoms with Crippen LogP contribution in [0.15, 0.2) is 18.3 Å². The highest BCUT2D eigenvalue weighted by Crippen LogP contribution is 2.20. The Hall–Kier alpha value is -1.25. The Morgan fingerprint density at radius 3 is 2.56 bits per heavy atom. The molecule has 0 aliphatic heterocycles. The van der Waals surface area contributed by atoms with E-state index in [1.165, 1.54) is 38.5 Å². The van der Waals surface area contributed by atoms with Crippen molar-refractivity contribution < 1.29 is 0 Å². The minimum Gasteiger partial charge on any atom is -0.382 e. The third-order valence-electron chi connectivity index (χ3n) is 3.06. The molecule has 1 rings (SSSR count). The van der Waals surface area contributed by atoms with Crippen LogP contribution in [0.2, 0.25) is 0 Å². The van der Waals surface area contributed by atoms with Gasteiger partial charge in [0.25, 0.3) is 0 Å². The van der Waals surface area contributed by atoms with Gasteiger partial charge in [-0.1, -0.05) is 39.0 Å². The molecule has 0 aromatic carbocycles. The molecule has 0 aliphatic carbocycles. The van der Waals surface area contributed by atoms with Gasteiger partial charge in [-0.05, 0) is 18.6 Å². The molecule has 18 heavy (non-hydrogen) atoms. The van der Waals surface area contributed by atoms with E-state index in [0.717, 1.165) is 18.1 Å². The molecule has 0 radical (unpaired) electrons. The summed E-state index contributed by atoms with van der Waals surface area (Å²) in [4.78, 5) is 6.43. The Labute approximate surface area is 112 Å². The number of unbranched alkanes of at least 4 members (excludes halogenated alkanes) is 5. The molecule has 0 fully saturated rings. The normalized spacial score (nSPS) is 10.4. The van der Waals surface area contributed by atoms with Crippen molar-refractivity contribution in [1.29, 1.82) is 0 Å². The van der Waals surface area contributed by atoms with Crippen molar-refractivity contribution in [1.82, 2.24) is 4.98 Å². The Bertz CT molecular complexity index is 323. The van der Waals surface area contributed by atoms with E-state index in [1.54, 1.807) is 0 Å². The third-order valence-corrected chi connectivity index (χ3v) is 3.06. The second-order valence-corrected chi connectivity index (χ2v) is 4.96. The maximum atomic E-state index is 4.38. The molecule has 3 heteroatoms. The number of aromatic nitrogens is 1. The number of pyridine rings is 1. The molecule has 1 heterocycles. The standard InChI is InChI=1S/C15H27N3/c1-4-5-6-7-8-9-12-16-14-11-10-13-17-15(14)18(2)3/h10-11,13,16H,4-9,12H2,1-3H3.